The molecule has 0 aromatic heterocycles. The monoisotopic (exact) mass is 289 g/mol. The summed E-state index contributed by atoms with van der Waals surface area (Å²) in [6.45, 7) is 6.42. The topological polar surface area (TPSA) is 38.3 Å². The summed E-state index contributed by atoms with van der Waals surface area (Å²) < 4.78 is 5.14. The van der Waals surface area contributed by atoms with Gasteiger partial charge in [-0.3, -0.25) is 4.79 Å². The average Bonchev–Trinajstić information content (AvgIpc) is 2.48. The number of carbonyl (C=O) groups is 1. The molecular formula is C18H27NO2. The van der Waals surface area contributed by atoms with Crippen molar-refractivity contribution in [3.8, 4) is 5.75 Å². The molecule has 0 aliphatic heterocycles. The third-order valence-electron chi connectivity index (χ3n) is 5.38. The van der Waals surface area contributed by atoms with Crippen molar-refractivity contribution < 1.29 is 9.53 Å². The molecule has 0 unspecified atom stereocenters. The first-order valence-electron chi connectivity index (χ1n) is 7.84. The Bertz CT molecular complexity index is 484. The van der Waals surface area contributed by atoms with Crippen LogP contribution in [0.1, 0.15) is 52.9 Å². The number of nitrogens with one attached hydrogen (secondary N) is 1. The number of benzene rings is 1. The van der Waals surface area contributed by atoms with Gasteiger partial charge in [0.15, 0.2) is 0 Å². The van der Waals surface area contributed by atoms with E-state index in [0.717, 1.165) is 24.3 Å². The van der Waals surface area contributed by atoms with Gasteiger partial charge < -0.3 is 10.1 Å². The molecule has 1 aliphatic rings. The van der Waals surface area contributed by atoms with E-state index in [0.29, 0.717) is 0 Å². The fourth-order valence-corrected chi connectivity index (χ4v) is 3.19. The maximum atomic E-state index is 12.8. The second-order valence-corrected chi connectivity index (χ2v) is 6.93. The number of anilines is 1. The van der Waals surface area contributed by atoms with E-state index in [2.05, 4.69) is 26.1 Å². The van der Waals surface area contributed by atoms with E-state index >= 15 is 0 Å². The summed E-state index contributed by atoms with van der Waals surface area (Å²) in [5.41, 5.74) is 0.545. The Hall–Kier alpha value is -1.51. The Labute approximate surface area is 128 Å². The van der Waals surface area contributed by atoms with E-state index in [1.165, 1.54) is 19.3 Å². The van der Waals surface area contributed by atoms with Crippen LogP contribution in [0.25, 0.3) is 0 Å². The Morgan fingerprint density at radius 3 is 2.24 bits per heavy atom. The highest BCUT2D eigenvalue weighted by molar-refractivity contribution is 5.95. The molecular weight excluding hydrogens is 262 g/mol. The third kappa shape index (κ3) is 3.22. The molecule has 3 nitrogen and oxygen atoms in total. The quantitative estimate of drug-likeness (QED) is 0.877. The third-order valence-corrected chi connectivity index (χ3v) is 5.38. The van der Waals surface area contributed by atoms with Crippen molar-refractivity contribution in [2.45, 2.75) is 52.9 Å². The zero-order chi connectivity index (χ0) is 15.5. The highest BCUT2D eigenvalue weighted by atomic mass is 16.5. The van der Waals surface area contributed by atoms with Crippen molar-refractivity contribution in [3.05, 3.63) is 24.3 Å². The summed E-state index contributed by atoms with van der Waals surface area (Å²) in [6.07, 6.45) is 6.03. The van der Waals surface area contributed by atoms with Crippen LogP contribution in [-0.2, 0) is 4.79 Å². The molecule has 0 heterocycles. The zero-order valence-corrected chi connectivity index (χ0v) is 13.7. The van der Waals surface area contributed by atoms with Crippen molar-refractivity contribution in [1.82, 2.24) is 0 Å². The first-order valence-corrected chi connectivity index (χ1v) is 7.84. The smallest absolute Gasteiger partial charge is 0.230 e. The number of methoxy groups -OCH3 is 1. The molecule has 3 heteroatoms. The lowest BCUT2D eigenvalue weighted by molar-refractivity contribution is -0.132. The molecule has 2 rings (SSSR count). The Morgan fingerprint density at radius 1 is 1.14 bits per heavy atom. The Balaban J connectivity index is 2.10. The van der Waals surface area contributed by atoms with Gasteiger partial charge >= 0.3 is 0 Å². The normalized spacial score (nSPS) is 18.1. The van der Waals surface area contributed by atoms with Crippen LogP contribution in [0.4, 0.5) is 5.69 Å². The molecule has 1 aromatic carbocycles. The minimum absolute atomic E-state index is 0.0851. The fraction of sp³-hybridized carbons (Fsp3) is 0.611. The van der Waals surface area contributed by atoms with Gasteiger partial charge in [-0.1, -0.05) is 40.0 Å². The van der Waals surface area contributed by atoms with Crippen molar-refractivity contribution in [3.63, 3.8) is 0 Å². The second-order valence-electron chi connectivity index (χ2n) is 6.93. The molecule has 1 N–H and O–H groups in total. The number of ether oxygens (including phenoxy) is 1. The summed E-state index contributed by atoms with van der Waals surface area (Å²) in [6, 6.07) is 7.50. The van der Waals surface area contributed by atoms with Crippen molar-refractivity contribution >= 4 is 11.6 Å². The van der Waals surface area contributed by atoms with E-state index in [1.54, 1.807) is 7.11 Å². The summed E-state index contributed by atoms with van der Waals surface area (Å²) in [5.74, 6) is 0.906. The van der Waals surface area contributed by atoms with Gasteiger partial charge in [0.2, 0.25) is 5.91 Å². The van der Waals surface area contributed by atoms with Gasteiger partial charge in [0.05, 0.1) is 7.11 Å². The fourth-order valence-electron chi connectivity index (χ4n) is 3.19. The van der Waals surface area contributed by atoms with Gasteiger partial charge in [0, 0.05) is 11.1 Å². The minimum atomic E-state index is -0.368. The average molecular weight is 289 g/mol. The van der Waals surface area contributed by atoms with E-state index in [4.69, 9.17) is 4.74 Å². The van der Waals surface area contributed by atoms with E-state index in [9.17, 15) is 4.79 Å². The molecule has 21 heavy (non-hydrogen) atoms. The van der Waals surface area contributed by atoms with Crippen LogP contribution < -0.4 is 10.1 Å². The van der Waals surface area contributed by atoms with Gasteiger partial charge in [0.25, 0.3) is 0 Å². The van der Waals surface area contributed by atoms with Crippen molar-refractivity contribution in [2.24, 2.45) is 10.8 Å². The lowest BCUT2D eigenvalue weighted by Gasteiger charge is -2.45. The zero-order valence-electron chi connectivity index (χ0n) is 13.7. The van der Waals surface area contributed by atoms with Gasteiger partial charge in [0.1, 0.15) is 5.75 Å². The minimum Gasteiger partial charge on any atom is -0.497 e. The maximum absolute atomic E-state index is 12.8. The largest absolute Gasteiger partial charge is 0.497 e. The summed E-state index contributed by atoms with van der Waals surface area (Å²) in [5, 5.41) is 3.06. The van der Waals surface area contributed by atoms with Crippen LogP contribution in [-0.4, -0.2) is 13.0 Å². The molecule has 0 bridgehead atoms. The van der Waals surface area contributed by atoms with E-state index in [-0.39, 0.29) is 16.7 Å². The van der Waals surface area contributed by atoms with Crippen LogP contribution in [0, 0.1) is 10.8 Å². The van der Waals surface area contributed by atoms with Gasteiger partial charge in [-0.05, 0) is 42.5 Å². The van der Waals surface area contributed by atoms with Crippen LogP contribution >= 0.6 is 0 Å². The molecule has 116 valence electrons. The van der Waals surface area contributed by atoms with E-state index < -0.39 is 0 Å². The van der Waals surface area contributed by atoms with Crippen LogP contribution in [0.15, 0.2) is 24.3 Å². The van der Waals surface area contributed by atoms with Crippen LogP contribution in [0.5, 0.6) is 5.75 Å². The maximum Gasteiger partial charge on any atom is 0.230 e. The van der Waals surface area contributed by atoms with Gasteiger partial charge in [-0.2, -0.15) is 0 Å². The molecule has 0 spiro atoms. The molecule has 0 radical (unpaired) electrons. The predicted molar refractivity (Wildman–Crippen MR) is 86.6 cm³/mol. The molecule has 1 amide bonds. The number of rotatable bonds is 4. The molecule has 1 saturated carbocycles. The molecule has 1 aliphatic carbocycles. The number of hydrogen-bond acceptors (Lipinski definition) is 2. The summed E-state index contributed by atoms with van der Waals surface area (Å²) in [4.78, 5) is 12.8. The number of amides is 1. The summed E-state index contributed by atoms with van der Waals surface area (Å²) in [7, 11) is 1.64. The second kappa shape index (κ2) is 6.08. The van der Waals surface area contributed by atoms with Gasteiger partial charge in [-0.25, -0.2) is 0 Å². The number of hydrogen-bond donors (Lipinski definition) is 1. The molecule has 0 saturated heterocycles. The Morgan fingerprint density at radius 2 is 1.71 bits per heavy atom. The standard InChI is InChI=1S/C18H27NO2/c1-17(2,18(3)12-6-5-7-13-18)16(20)19-14-8-10-15(21-4)11-9-14/h8-11H,5-7,12-13H2,1-4H3,(H,19,20). The first-order chi connectivity index (χ1) is 9.89. The lowest BCUT2D eigenvalue weighted by Crippen LogP contribution is -2.45. The van der Waals surface area contributed by atoms with Crippen molar-refractivity contribution in [2.75, 3.05) is 12.4 Å². The Kier molecular flexibility index (Phi) is 4.60. The highest BCUT2D eigenvalue weighted by Crippen LogP contribution is 2.49. The molecule has 1 aromatic rings. The predicted octanol–water partition coefficient (Wildman–Crippen LogP) is 4.63. The molecule has 0 atom stereocenters. The van der Waals surface area contributed by atoms with Crippen molar-refractivity contribution in [1.29, 1.82) is 0 Å². The first kappa shape index (κ1) is 15.9. The lowest BCUT2D eigenvalue weighted by atomic mass is 9.59. The SMILES string of the molecule is COc1ccc(NC(=O)C(C)(C)C2(C)CCCCC2)cc1. The van der Waals surface area contributed by atoms with Crippen LogP contribution in [0.2, 0.25) is 0 Å². The molecule has 1 fully saturated rings. The number of carbonyl (C=O) groups excluding carboxylic acids is 1. The van der Waals surface area contributed by atoms with Crippen LogP contribution in [0.3, 0.4) is 0 Å². The van der Waals surface area contributed by atoms with Gasteiger partial charge in [-0.15, -0.1) is 0 Å². The summed E-state index contributed by atoms with van der Waals surface area (Å²) >= 11 is 0. The van der Waals surface area contributed by atoms with E-state index in [1.807, 2.05) is 24.3 Å². The highest BCUT2D eigenvalue weighted by Gasteiger charge is 2.46.